The molecule has 3 N–H and O–H groups in total. The Labute approximate surface area is 117 Å². The first-order chi connectivity index (χ1) is 9.56. The van der Waals surface area contributed by atoms with Crippen LogP contribution in [0.2, 0.25) is 0 Å². The van der Waals surface area contributed by atoms with Crippen molar-refractivity contribution in [2.75, 3.05) is 17.6 Å². The van der Waals surface area contributed by atoms with E-state index in [2.05, 4.69) is 5.32 Å². The van der Waals surface area contributed by atoms with Crippen LogP contribution in [0.4, 0.5) is 15.8 Å². The molecule has 0 unspecified atom stereocenters. The first-order valence-corrected chi connectivity index (χ1v) is 6.58. The van der Waals surface area contributed by atoms with E-state index in [4.69, 9.17) is 14.9 Å². The van der Waals surface area contributed by atoms with Gasteiger partial charge in [-0.2, -0.15) is 0 Å². The largest absolute Gasteiger partial charge is 0.488 e. The van der Waals surface area contributed by atoms with Gasteiger partial charge in [-0.25, -0.2) is 4.39 Å². The van der Waals surface area contributed by atoms with Crippen molar-refractivity contribution in [3.63, 3.8) is 0 Å². The lowest BCUT2D eigenvalue weighted by Gasteiger charge is -2.14. The summed E-state index contributed by atoms with van der Waals surface area (Å²) < 4.78 is 24.3. The number of furan rings is 1. The Morgan fingerprint density at radius 2 is 2.20 bits per heavy atom. The van der Waals surface area contributed by atoms with Crippen LogP contribution in [0, 0.1) is 5.82 Å². The van der Waals surface area contributed by atoms with Crippen LogP contribution in [0.15, 0.2) is 34.9 Å². The first-order valence-electron chi connectivity index (χ1n) is 6.58. The highest BCUT2D eigenvalue weighted by molar-refractivity contribution is 5.68. The minimum Gasteiger partial charge on any atom is -0.488 e. The molecule has 108 valence electrons. The lowest BCUT2D eigenvalue weighted by Crippen LogP contribution is -2.10. The predicted octanol–water partition coefficient (Wildman–Crippen LogP) is 3.44. The van der Waals surface area contributed by atoms with Crippen molar-refractivity contribution < 1.29 is 13.5 Å². The molecule has 0 atom stereocenters. The van der Waals surface area contributed by atoms with Gasteiger partial charge in [0.25, 0.3) is 0 Å². The number of nitrogens with one attached hydrogen (secondary N) is 1. The second kappa shape index (κ2) is 6.32. The average molecular weight is 278 g/mol. The van der Waals surface area contributed by atoms with Crippen molar-refractivity contribution >= 4 is 11.4 Å². The summed E-state index contributed by atoms with van der Waals surface area (Å²) in [6.45, 7) is 4.34. The Morgan fingerprint density at radius 3 is 2.85 bits per heavy atom. The smallest absolute Gasteiger partial charge is 0.167 e. The third-order valence-electron chi connectivity index (χ3n) is 2.73. The van der Waals surface area contributed by atoms with Gasteiger partial charge in [-0.1, -0.05) is 0 Å². The zero-order valence-corrected chi connectivity index (χ0v) is 11.7. The normalized spacial score (nSPS) is 10.8. The molecule has 2 rings (SSSR count). The molecule has 0 bridgehead atoms. The van der Waals surface area contributed by atoms with Crippen molar-refractivity contribution in [3.05, 3.63) is 42.1 Å². The highest BCUT2D eigenvalue weighted by Crippen LogP contribution is 2.28. The molecule has 0 aliphatic rings. The zero-order chi connectivity index (χ0) is 14.5. The van der Waals surface area contributed by atoms with Gasteiger partial charge in [0.2, 0.25) is 0 Å². The van der Waals surface area contributed by atoms with E-state index in [9.17, 15) is 4.39 Å². The van der Waals surface area contributed by atoms with Gasteiger partial charge in [0.1, 0.15) is 5.76 Å². The van der Waals surface area contributed by atoms with Crippen molar-refractivity contribution in [2.24, 2.45) is 0 Å². The summed E-state index contributed by atoms with van der Waals surface area (Å²) >= 11 is 0. The summed E-state index contributed by atoms with van der Waals surface area (Å²) in [5, 5.41) is 3.16. The number of rotatable bonds is 6. The Morgan fingerprint density at radius 1 is 1.40 bits per heavy atom. The molecule has 0 amide bonds. The highest BCUT2D eigenvalue weighted by atomic mass is 19.1. The van der Waals surface area contributed by atoms with Gasteiger partial charge in [0.05, 0.1) is 23.7 Å². The van der Waals surface area contributed by atoms with Crippen LogP contribution in [0.5, 0.6) is 5.75 Å². The monoisotopic (exact) mass is 278 g/mol. The summed E-state index contributed by atoms with van der Waals surface area (Å²) in [6.07, 6.45) is 2.27. The SMILES string of the molecule is CC(C)Oc1cc(NCCc2ccco2)c(N)cc1F. The van der Waals surface area contributed by atoms with E-state index in [1.807, 2.05) is 26.0 Å². The molecule has 2 aromatic rings. The van der Waals surface area contributed by atoms with Gasteiger partial charge in [-0.05, 0) is 26.0 Å². The van der Waals surface area contributed by atoms with E-state index < -0.39 is 5.82 Å². The molecule has 0 aliphatic heterocycles. The Kier molecular flexibility index (Phi) is 4.50. The van der Waals surface area contributed by atoms with Gasteiger partial charge in [0.15, 0.2) is 11.6 Å². The topological polar surface area (TPSA) is 60.4 Å². The van der Waals surface area contributed by atoms with Crippen molar-refractivity contribution in [2.45, 2.75) is 26.4 Å². The van der Waals surface area contributed by atoms with E-state index in [0.29, 0.717) is 17.9 Å². The van der Waals surface area contributed by atoms with E-state index in [-0.39, 0.29) is 11.9 Å². The average Bonchev–Trinajstić information content (AvgIpc) is 2.87. The molecule has 0 saturated carbocycles. The van der Waals surface area contributed by atoms with E-state index in [1.165, 1.54) is 6.07 Å². The van der Waals surface area contributed by atoms with Crippen LogP contribution in [0.1, 0.15) is 19.6 Å². The van der Waals surface area contributed by atoms with Crippen LogP contribution in [-0.4, -0.2) is 12.6 Å². The number of halogens is 1. The third kappa shape index (κ3) is 3.66. The fraction of sp³-hybridized carbons (Fsp3) is 0.333. The van der Waals surface area contributed by atoms with Crippen molar-refractivity contribution in [1.29, 1.82) is 0 Å². The molecule has 0 aliphatic carbocycles. The van der Waals surface area contributed by atoms with Crippen LogP contribution in [0.3, 0.4) is 0 Å². The summed E-state index contributed by atoms with van der Waals surface area (Å²) in [5.41, 5.74) is 6.82. The molecule has 1 aromatic carbocycles. The molecule has 5 heteroatoms. The Balaban J connectivity index is 2.02. The number of ether oxygens (including phenoxy) is 1. The fourth-order valence-electron chi connectivity index (χ4n) is 1.84. The number of nitrogen functional groups attached to an aromatic ring is 1. The molecular formula is C15H19FN2O2. The maximum Gasteiger partial charge on any atom is 0.167 e. The minimum atomic E-state index is -0.451. The molecule has 4 nitrogen and oxygen atoms in total. The molecule has 1 aromatic heterocycles. The number of hydrogen-bond donors (Lipinski definition) is 2. The molecule has 0 fully saturated rings. The van der Waals surface area contributed by atoms with Gasteiger partial charge >= 0.3 is 0 Å². The van der Waals surface area contributed by atoms with Crippen LogP contribution >= 0.6 is 0 Å². The lowest BCUT2D eigenvalue weighted by molar-refractivity contribution is 0.231. The molecule has 1 heterocycles. The predicted molar refractivity (Wildman–Crippen MR) is 77.5 cm³/mol. The van der Waals surface area contributed by atoms with Gasteiger partial charge in [-0.15, -0.1) is 0 Å². The van der Waals surface area contributed by atoms with Gasteiger partial charge < -0.3 is 20.2 Å². The molecule has 0 saturated heterocycles. The second-order valence-corrected chi connectivity index (χ2v) is 4.79. The van der Waals surface area contributed by atoms with Crippen LogP contribution in [-0.2, 0) is 6.42 Å². The zero-order valence-electron chi connectivity index (χ0n) is 11.7. The first kappa shape index (κ1) is 14.2. The number of benzene rings is 1. The number of anilines is 2. The molecule has 0 radical (unpaired) electrons. The number of hydrogen-bond acceptors (Lipinski definition) is 4. The van der Waals surface area contributed by atoms with Crippen molar-refractivity contribution in [3.8, 4) is 5.75 Å². The van der Waals surface area contributed by atoms with E-state index in [0.717, 1.165) is 12.2 Å². The van der Waals surface area contributed by atoms with Crippen LogP contribution in [0.25, 0.3) is 0 Å². The van der Waals surface area contributed by atoms with Crippen LogP contribution < -0.4 is 15.8 Å². The maximum atomic E-state index is 13.7. The summed E-state index contributed by atoms with van der Waals surface area (Å²) in [5.74, 6) is 0.638. The standard InChI is InChI=1S/C15H19FN2O2/c1-10(2)20-15-9-14(13(17)8-12(15)16)18-6-5-11-4-3-7-19-11/h3-4,7-10,18H,5-6,17H2,1-2H3. The van der Waals surface area contributed by atoms with Gasteiger partial charge in [-0.3, -0.25) is 0 Å². The highest BCUT2D eigenvalue weighted by Gasteiger charge is 2.10. The maximum absolute atomic E-state index is 13.7. The summed E-state index contributed by atoms with van der Waals surface area (Å²) in [7, 11) is 0. The fourth-order valence-corrected chi connectivity index (χ4v) is 1.84. The lowest BCUT2D eigenvalue weighted by atomic mass is 10.2. The van der Waals surface area contributed by atoms with E-state index >= 15 is 0 Å². The number of nitrogens with two attached hydrogens (primary N) is 1. The second-order valence-electron chi connectivity index (χ2n) is 4.79. The molecule has 20 heavy (non-hydrogen) atoms. The summed E-state index contributed by atoms with van der Waals surface area (Å²) in [4.78, 5) is 0. The third-order valence-corrected chi connectivity index (χ3v) is 2.73. The minimum absolute atomic E-state index is 0.0934. The Hall–Kier alpha value is -2.17. The van der Waals surface area contributed by atoms with Crippen molar-refractivity contribution in [1.82, 2.24) is 0 Å². The molecular weight excluding hydrogens is 259 g/mol. The Bertz CT molecular complexity index is 553. The van der Waals surface area contributed by atoms with E-state index in [1.54, 1.807) is 12.3 Å². The summed E-state index contributed by atoms with van der Waals surface area (Å²) in [6, 6.07) is 6.61. The van der Waals surface area contributed by atoms with Gasteiger partial charge in [0, 0.05) is 25.1 Å². The quantitative estimate of drug-likeness (QED) is 0.795. The molecule has 0 spiro atoms.